The van der Waals surface area contributed by atoms with Gasteiger partial charge in [0.15, 0.2) is 16.8 Å². The molecule has 0 aliphatic rings. The van der Waals surface area contributed by atoms with Gasteiger partial charge in [-0.3, -0.25) is 0 Å². The van der Waals surface area contributed by atoms with Gasteiger partial charge in [-0.15, -0.1) is 10.2 Å². The lowest BCUT2D eigenvalue weighted by Gasteiger charge is -2.11. The standard InChI is InChI=1S/C25H24N6OS/c1-3-10-22-27-23(32-30-22)16-33-25-29-28-24(31(25)4-2)19-15-21(17-11-6-5-7-12-17)26-20-14-9-8-13-18(19)20/h5-9,11-15H,3-4,10,16H2,1-2H3. The largest absolute Gasteiger partial charge is 0.338 e. The lowest BCUT2D eigenvalue weighted by Crippen LogP contribution is -2.01. The van der Waals surface area contributed by atoms with Crippen molar-refractivity contribution in [2.75, 3.05) is 0 Å². The molecule has 0 atom stereocenters. The van der Waals surface area contributed by atoms with Gasteiger partial charge in [-0.2, -0.15) is 4.98 Å². The van der Waals surface area contributed by atoms with Gasteiger partial charge >= 0.3 is 0 Å². The van der Waals surface area contributed by atoms with E-state index in [1.165, 1.54) is 0 Å². The summed E-state index contributed by atoms with van der Waals surface area (Å²) in [5, 5.41) is 15.0. The molecule has 5 aromatic rings. The average Bonchev–Trinajstić information content (AvgIpc) is 3.49. The van der Waals surface area contributed by atoms with E-state index in [1.54, 1.807) is 11.8 Å². The van der Waals surface area contributed by atoms with Crippen molar-refractivity contribution in [2.24, 2.45) is 0 Å². The molecule has 0 amide bonds. The van der Waals surface area contributed by atoms with Gasteiger partial charge in [0, 0.05) is 29.5 Å². The molecule has 8 heteroatoms. The molecule has 0 radical (unpaired) electrons. The van der Waals surface area contributed by atoms with Crippen molar-refractivity contribution in [1.29, 1.82) is 0 Å². The van der Waals surface area contributed by atoms with Crippen molar-refractivity contribution in [2.45, 2.75) is 44.1 Å². The fourth-order valence-electron chi connectivity index (χ4n) is 3.80. The molecular weight excluding hydrogens is 432 g/mol. The van der Waals surface area contributed by atoms with Gasteiger partial charge in [-0.1, -0.05) is 72.4 Å². The number of aromatic nitrogens is 6. The first-order valence-electron chi connectivity index (χ1n) is 11.1. The molecule has 3 aromatic heterocycles. The number of hydrogen-bond acceptors (Lipinski definition) is 7. The molecule has 3 heterocycles. The zero-order valence-electron chi connectivity index (χ0n) is 18.6. The maximum atomic E-state index is 5.38. The van der Waals surface area contributed by atoms with Crippen LogP contribution >= 0.6 is 11.8 Å². The maximum Gasteiger partial charge on any atom is 0.237 e. The number of hydrogen-bond donors (Lipinski definition) is 0. The van der Waals surface area contributed by atoms with E-state index >= 15 is 0 Å². The van der Waals surface area contributed by atoms with E-state index in [0.29, 0.717) is 11.6 Å². The number of fused-ring (bicyclic) bond motifs is 1. The number of benzene rings is 2. The second-order valence-corrected chi connectivity index (χ2v) is 8.57. The van der Waals surface area contributed by atoms with Crippen LogP contribution in [-0.4, -0.2) is 29.9 Å². The van der Waals surface area contributed by atoms with Crippen molar-refractivity contribution >= 4 is 22.7 Å². The Morgan fingerprint density at radius 1 is 0.939 bits per heavy atom. The molecule has 7 nitrogen and oxygen atoms in total. The Balaban J connectivity index is 1.52. The SMILES string of the molecule is CCCc1noc(CSc2nnc(-c3cc(-c4ccccc4)nc4ccccc34)n2CC)n1. The predicted octanol–water partition coefficient (Wildman–Crippen LogP) is 5.81. The lowest BCUT2D eigenvalue weighted by atomic mass is 10.0. The molecule has 33 heavy (non-hydrogen) atoms. The second-order valence-electron chi connectivity index (χ2n) is 7.63. The molecule has 166 valence electrons. The summed E-state index contributed by atoms with van der Waals surface area (Å²) in [5.41, 5.74) is 3.94. The third kappa shape index (κ3) is 4.39. The quantitative estimate of drug-likeness (QED) is 0.273. The van der Waals surface area contributed by atoms with Crippen LogP contribution in [0.1, 0.15) is 32.0 Å². The van der Waals surface area contributed by atoms with Gasteiger partial charge in [0.2, 0.25) is 5.89 Å². The third-order valence-corrected chi connectivity index (χ3v) is 6.32. The first-order valence-corrected chi connectivity index (χ1v) is 12.1. The van der Waals surface area contributed by atoms with Crippen LogP contribution in [0.15, 0.2) is 70.3 Å². The minimum Gasteiger partial charge on any atom is -0.338 e. The monoisotopic (exact) mass is 456 g/mol. The van der Waals surface area contributed by atoms with Crippen molar-refractivity contribution in [3.63, 3.8) is 0 Å². The smallest absolute Gasteiger partial charge is 0.237 e. The van der Waals surface area contributed by atoms with Gasteiger partial charge in [0.1, 0.15) is 0 Å². The van der Waals surface area contributed by atoms with Crippen LogP contribution < -0.4 is 0 Å². The number of thioether (sulfide) groups is 1. The molecular formula is C25H24N6OS. The summed E-state index contributed by atoms with van der Waals surface area (Å²) in [7, 11) is 0. The van der Waals surface area contributed by atoms with Crippen LogP contribution in [0.4, 0.5) is 0 Å². The Kier molecular flexibility index (Phi) is 6.17. The number of aryl methyl sites for hydroxylation is 1. The Bertz CT molecular complexity index is 1380. The van der Waals surface area contributed by atoms with Crippen LogP contribution in [-0.2, 0) is 18.7 Å². The van der Waals surface area contributed by atoms with Crippen LogP contribution in [0, 0.1) is 0 Å². The Morgan fingerprint density at radius 2 is 1.76 bits per heavy atom. The van der Waals surface area contributed by atoms with E-state index in [-0.39, 0.29) is 0 Å². The number of para-hydroxylation sites is 1. The highest BCUT2D eigenvalue weighted by atomic mass is 32.2. The van der Waals surface area contributed by atoms with E-state index in [2.05, 4.69) is 63.0 Å². The van der Waals surface area contributed by atoms with Gasteiger partial charge in [-0.25, -0.2) is 4.98 Å². The first-order chi connectivity index (χ1) is 16.3. The van der Waals surface area contributed by atoms with E-state index < -0.39 is 0 Å². The summed E-state index contributed by atoms with van der Waals surface area (Å²) >= 11 is 1.56. The molecule has 0 unspecified atom stereocenters. The Hall–Kier alpha value is -3.52. The van der Waals surface area contributed by atoms with Gasteiger partial charge in [0.05, 0.1) is 17.0 Å². The van der Waals surface area contributed by atoms with E-state index in [4.69, 9.17) is 9.51 Å². The highest BCUT2D eigenvalue weighted by molar-refractivity contribution is 7.98. The number of pyridine rings is 1. The first kappa shape index (κ1) is 21.3. The fraction of sp³-hybridized carbons (Fsp3) is 0.240. The molecule has 0 fully saturated rings. The molecule has 0 aliphatic carbocycles. The Morgan fingerprint density at radius 3 is 2.58 bits per heavy atom. The normalized spacial score (nSPS) is 11.3. The van der Waals surface area contributed by atoms with Crippen LogP contribution in [0.25, 0.3) is 33.5 Å². The highest BCUT2D eigenvalue weighted by Gasteiger charge is 2.18. The molecule has 0 N–H and O–H groups in total. The van der Waals surface area contributed by atoms with E-state index in [0.717, 1.165) is 63.9 Å². The number of nitrogens with zero attached hydrogens (tertiary/aromatic N) is 6. The molecule has 0 spiro atoms. The predicted molar refractivity (Wildman–Crippen MR) is 130 cm³/mol. The van der Waals surface area contributed by atoms with Crippen molar-refractivity contribution in [1.82, 2.24) is 29.9 Å². The summed E-state index contributed by atoms with van der Waals surface area (Å²) in [6.07, 6.45) is 1.81. The molecule has 2 aromatic carbocycles. The van der Waals surface area contributed by atoms with E-state index in [9.17, 15) is 0 Å². The molecule has 0 aliphatic heterocycles. The van der Waals surface area contributed by atoms with Gasteiger partial charge in [0.25, 0.3) is 0 Å². The molecule has 5 rings (SSSR count). The highest BCUT2D eigenvalue weighted by Crippen LogP contribution is 2.33. The topological polar surface area (TPSA) is 82.5 Å². The summed E-state index contributed by atoms with van der Waals surface area (Å²) in [5.74, 6) is 2.74. The fourth-order valence-corrected chi connectivity index (χ4v) is 4.64. The summed E-state index contributed by atoms with van der Waals surface area (Å²) in [6, 6.07) is 20.5. The second kappa shape index (κ2) is 9.54. The van der Waals surface area contributed by atoms with Crippen LogP contribution in [0.3, 0.4) is 0 Å². The summed E-state index contributed by atoms with van der Waals surface area (Å²) in [6.45, 7) is 4.94. The van der Waals surface area contributed by atoms with Crippen molar-refractivity contribution in [3.05, 3.63) is 72.4 Å². The Labute approximate surface area is 196 Å². The summed E-state index contributed by atoms with van der Waals surface area (Å²) in [4.78, 5) is 9.35. The van der Waals surface area contributed by atoms with E-state index in [1.807, 2.05) is 36.4 Å². The molecule has 0 bridgehead atoms. The maximum absolute atomic E-state index is 5.38. The van der Waals surface area contributed by atoms with Crippen molar-refractivity contribution in [3.8, 4) is 22.6 Å². The zero-order valence-corrected chi connectivity index (χ0v) is 19.4. The third-order valence-electron chi connectivity index (χ3n) is 5.37. The van der Waals surface area contributed by atoms with Gasteiger partial charge in [-0.05, 0) is 25.5 Å². The van der Waals surface area contributed by atoms with Crippen LogP contribution in [0.5, 0.6) is 0 Å². The average molecular weight is 457 g/mol. The minimum absolute atomic E-state index is 0.557. The lowest BCUT2D eigenvalue weighted by molar-refractivity contribution is 0.384. The van der Waals surface area contributed by atoms with Gasteiger partial charge < -0.3 is 9.09 Å². The van der Waals surface area contributed by atoms with Crippen LogP contribution in [0.2, 0.25) is 0 Å². The number of rotatable bonds is 8. The summed E-state index contributed by atoms with van der Waals surface area (Å²) < 4.78 is 7.51. The zero-order chi connectivity index (χ0) is 22.6. The minimum atomic E-state index is 0.557. The molecule has 0 saturated heterocycles. The van der Waals surface area contributed by atoms with Crippen molar-refractivity contribution < 1.29 is 4.52 Å². The molecule has 0 saturated carbocycles.